The van der Waals surface area contributed by atoms with Gasteiger partial charge in [-0.2, -0.15) is 5.26 Å². The molecular weight excluding hydrogens is 338 g/mol. The lowest BCUT2D eigenvalue weighted by Crippen LogP contribution is -2.11. The normalized spacial score (nSPS) is 12.2. The van der Waals surface area contributed by atoms with Crippen molar-refractivity contribution in [2.45, 2.75) is 5.92 Å². The van der Waals surface area contributed by atoms with E-state index < -0.39 is 5.92 Å². The topological polar surface area (TPSA) is 69.5 Å². The predicted molar refractivity (Wildman–Crippen MR) is 80.8 cm³/mol. The number of aromatic nitrogens is 2. The zero-order valence-electron chi connectivity index (χ0n) is 10.1. The summed E-state index contributed by atoms with van der Waals surface area (Å²) >= 11 is 4.73. The van der Waals surface area contributed by atoms with Crippen molar-refractivity contribution in [1.82, 2.24) is 9.97 Å². The van der Waals surface area contributed by atoms with E-state index in [1.807, 2.05) is 30.3 Å². The zero-order valence-corrected chi connectivity index (χ0v) is 12.5. The van der Waals surface area contributed by atoms with Gasteiger partial charge in [0.15, 0.2) is 11.7 Å². The average Bonchev–Trinajstić information content (AvgIpc) is 3.05. The number of rotatable bonds is 3. The number of H-pyrrole nitrogens is 1. The first kappa shape index (κ1) is 13.0. The fourth-order valence-corrected chi connectivity index (χ4v) is 3.10. The van der Waals surface area contributed by atoms with Crippen molar-refractivity contribution in [3.05, 3.63) is 50.9 Å². The summed E-state index contributed by atoms with van der Waals surface area (Å²) in [4.78, 5) is 19.7. The van der Waals surface area contributed by atoms with E-state index in [4.69, 9.17) is 0 Å². The molecule has 0 saturated heterocycles. The molecule has 1 aromatic carbocycles. The second kappa shape index (κ2) is 5.19. The Bertz CT molecular complexity index is 797. The standard InChI is InChI=1S/C14H8BrN3OS/c15-12-5-8(7-20-12)13(19)9(6-16)14-17-10-3-1-2-4-11(10)18-14/h1-5,7,9H,(H,17,18)/t9-/m0/s1. The van der Waals surface area contributed by atoms with Crippen molar-refractivity contribution >= 4 is 44.1 Å². The molecule has 98 valence electrons. The molecule has 3 aromatic rings. The van der Waals surface area contributed by atoms with E-state index in [9.17, 15) is 10.1 Å². The van der Waals surface area contributed by atoms with E-state index in [1.165, 1.54) is 11.3 Å². The fourth-order valence-electron chi connectivity index (χ4n) is 1.96. The number of aromatic amines is 1. The van der Waals surface area contributed by atoms with Gasteiger partial charge in [-0.05, 0) is 34.1 Å². The van der Waals surface area contributed by atoms with Crippen molar-refractivity contribution in [2.75, 3.05) is 0 Å². The summed E-state index contributed by atoms with van der Waals surface area (Å²) in [6, 6.07) is 11.2. The van der Waals surface area contributed by atoms with Crippen LogP contribution in [0.25, 0.3) is 11.0 Å². The minimum absolute atomic E-state index is 0.242. The molecule has 0 amide bonds. The molecule has 2 heterocycles. The van der Waals surface area contributed by atoms with Gasteiger partial charge in [0.05, 0.1) is 20.9 Å². The highest BCUT2D eigenvalue weighted by atomic mass is 79.9. The quantitative estimate of drug-likeness (QED) is 0.732. The second-order valence-corrected chi connectivity index (χ2v) is 6.50. The third-order valence-electron chi connectivity index (χ3n) is 2.92. The molecule has 0 aliphatic carbocycles. The van der Waals surface area contributed by atoms with E-state index in [-0.39, 0.29) is 5.78 Å². The molecule has 0 spiro atoms. The molecule has 6 heteroatoms. The number of carbonyl (C=O) groups excluding carboxylic acids is 1. The summed E-state index contributed by atoms with van der Waals surface area (Å²) in [7, 11) is 0. The highest BCUT2D eigenvalue weighted by Crippen LogP contribution is 2.26. The molecule has 0 saturated carbocycles. The number of halogens is 1. The smallest absolute Gasteiger partial charge is 0.188 e. The van der Waals surface area contributed by atoms with Crippen molar-refractivity contribution in [1.29, 1.82) is 5.26 Å². The Hall–Kier alpha value is -1.97. The van der Waals surface area contributed by atoms with Gasteiger partial charge in [0.1, 0.15) is 5.82 Å². The van der Waals surface area contributed by atoms with Gasteiger partial charge in [0, 0.05) is 10.9 Å². The molecule has 0 bridgehead atoms. The molecule has 1 atom stereocenters. The number of nitriles is 1. The summed E-state index contributed by atoms with van der Waals surface area (Å²) in [6.45, 7) is 0. The molecule has 0 aliphatic heterocycles. The molecule has 1 N–H and O–H groups in total. The lowest BCUT2D eigenvalue weighted by Gasteiger charge is -2.02. The molecule has 2 aromatic heterocycles. The Morgan fingerprint density at radius 3 is 2.90 bits per heavy atom. The van der Waals surface area contributed by atoms with Crippen LogP contribution < -0.4 is 0 Å². The van der Waals surface area contributed by atoms with Gasteiger partial charge in [-0.25, -0.2) is 4.98 Å². The number of hydrogen-bond acceptors (Lipinski definition) is 4. The number of nitrogens with zero attached hydrogens (tertiary/aromatic N) is 2. The zero-order chi connectivity index (χ0) is 14.1. The van der Waals surface area contributed by atoms with Crippen LogP contribution in [0.2, 0.25) is 0 Å². The number of fused-ring (bicyclic) bond motifs is 1. The number of nitrogens with one attached hydrogen (secondary N) is 1. The largest absolute Gasteiger partial charge is 0.340 e. The average molecular weight is 346 g/mol. The van der Waals surface area contributed by atoms with Gasteiger partial charge in [0.2, 0.25) is 0 Å². The number of imidazole rings is 1. The van der Waals surface area contributed by atoms with E-state index in [2.05, 4.69) is 25.9 Å². The van der Waals surface area contributed by atoms with Gasteiger partial charge < -0.3 is 4.98 Å². The Balaban J connectivity index is 2.01. The number of Topliss-reactive ketones (excluding diaryl/α,β-unsaturated/α-hetero) is 1. The van der Waals surface area contributed by atoms with Crippen LogP contribution in [0.3, 0.4) is 0 Å². The predicted octanol–water partition coefficient (Wildman–Crippen LogP) is 3.88. The number of carbonyl (C=O) groups is 1. The van der Waals surface area contributed by atoms with Gasteiger partial charge >= 0.3 is 0 Å². The van der Waals surface area contributed by atoms with E-state index in [1.54, 1.807) is 11.4 Å². The summed E-state index contributed by atoms with van der Waals surface area (Å²) < 4.78 is 0.863. The Kier molecular flexibility index (Phi) is 3.38. The van der Waals surface area contributed by atoms with Gasteiger partial charge in [-0.3, -0.25) is 4.79 Å². The number of thiophene rings is 1. The maximum Gasteiger partial charge on any atom is 0.188 e. The molecule has 4 nitrogen and oxygen atoms in total. The minimum atomic E-state index is -0.913. The van der Waals surface area contributed by atoms with Crippen LogP contribution in [-0.2, 0) is 0 Å². The first-order chi connectivity index (χ1) is 9.69. The molecule has 20 heavy (non-hydrogen) atoms. The Labute approximate surface area is 127 Å². The number of benzene rings is 1. The van der Waals surface area contributed by atoms with Gasteiger partial charge in [0.25, 0.3) is 0 Å². The van der Waals surface area contributed by atoms with Crippen LogP contribution in [0.4, 0.5) is 0 Å². The molecular formula is C14H8BrN3OS. The maximum atomic E-state index is 12.4. The van der Waals surface area contributed by atoms with Crippen LogP contribution in [0.15, 0.2) is 39.5 Å². The van der Waals surface area contributed by atoms with Crippen molar-refractivity contribution in [3.63, 3.8) is 0 Å². The number of ketones is 1. The maximum absolute atomic E-state index is 12.4. The van der Waals surface area contributed by atoms with Crippen LogP contribution in [0.1, 0.15) is 22.1 Å². The minimum Gasteiger partial charge on any atom is -0.340 e. The lowest BCUT2D eigenvalue weighted by molar-refractivity contribution is 0.0977. The molecule has 0 aliphatic rings. The number of hydrogen-bond donors (Lipinski definition) is 1. The summed E-state index contributed by atoms with van der Waals surface area (Å²) in [5.41, 5.74) is 2.10. The first-order valence-electron chi connectivity index (χ1n) is 5.81. The van der Waals surface area contributed by atoms with Crippen molar-refractivity contribution < 1.29 is 4.79 Å². The van der Waals surface area contributed by atoms with Crippen LogP contribution >= 0.6 is 27.3 Å². The van der Waals surface area contributed by atoms with Crippen molar-refractivity contribution in [2.24, 2.45) is 0 Å². The molecule has 0 unspecified atom stereocenters. The SMILES string of the molecule is N#C[C@@H](C(=O)c1csc(Br)c1)c1nc2ccccc2[nH]1. The van der Waals surface area contributed by atoms with Crippen LogP contribution in [0, 0.1) is 11.3 Å². The third-order valence-corrected chi connectivity index (χ3v) is 4.43. The van der Waals surface area contributed by atoms with Crippen molar-refractivity contribution in [3.8, 4) is 6.07 Å². The van der Waals surface area contributed by atoms with E-state index >= 15 is 0 Å². The second-order valence-electron chi connectivity index (χ2n) is 4.21. The lowest BCUT2D eigenvalue weighted by atomic mass is 10.0. The fraction of sp³-hybridized carbons (Fsp3) is 0.0714. The first-order valence-corrected chi connectivity index (χ1v) is 7.49. The van der Waals surface area contributed by atoms with Crippen LogP contribution in [-0.4, -0.2) is 15.8 Å². The van der Waals surface area contributed by atoms with E-state index in [0.717, 1.165) is 14.8 Å². The molecule has 0 radical (unpaired) electrons. The summed E-state index contributed by atoms with van der Waals surface area (Å²) in [5, 5.41) is 11.0. The van der Waals surface area contributed by atoms with Gasteiger partial charge in [-0.1, -0.05) is 12.1 Å². The highest BCUT2D eigenvalue weighted by Gasteiger charge is 2.25. The molecule has 3 rings (SSSR count). The summed E-state index contributed by atoms with van der Waals surface area (Å²) in [6.07, 6.45) is 0. The monoisotopic (exact) mass is 345 g/mol. The third kappa shape index (κ3) is 2.26. The van der Waals surface area contributed by atoms with E-state index in [0.29, 0.717) is 11.4 Å². The highest BCUT2D eigenvalue weighted by molar-refractivity contribution is 9.11. The van der Waals surface area contributed by atoms with Crippen LogP contribution in [0.5, 0.6) is 0 Å². The number of para-hydroxylation sites is 2. The Morgan fingerprint density at radius 2 is 2.25 bits per heavy atom. The Morgan fingerprint density at radius 1 is 1.45 bits per heavy atom. The van der Waals surface area contributed by atoms with Gasteiger partial charge in [-0.15, -0.1) is 11.3 Å². The summed E-state index contributed by atoms with van der Waals surface area (Å²) in [5.74, 6) is -0.765. The molecule has 0 fully saturated rings.